The molecule has 0 bridgehead atoms. The Kier molecular flexibility index (Phi) is 3.32. The summed E-state index contributed by atoms with van der Waals surface area (Å²) in [6.45, 7) is 3.74. The number of benzene rings is 2. The quantitative estimate of drug-likeness (QED) is 0.780. The number of rotatable bonds is 3. The van der Waals surface area contributed by atoms with Crippen molar-refractivity contribution in [3.05, 3.63) is 65.2 Å². The van der Waals surface area contributed by atoms with E-state index in [2.05, 4.69) is 0 Å². The van der Waals surface area contributed by atoms with Crippen LogP contribution < -0.4 is 4.74 Å². The second kappa shape index (κ2) is 4.77. The summed E-state index contributed by atoms with van der Waals surface area (Å²) in [5.74, 6) is 0.158. The molecule has 0 atom stereocenters. The number of hydrogen-bond acceptors (Lipinski definition) is 1. The molecule has 94 valence electrons. The zero-order valence-corrected chi connectivity index (χ0v) is 10.3. The van der Waals surface area contributed by atoms with E-state index in [0.29, 0.717) is 0 Å². The monoisotopic (exact) mass is 248 g/mol. The van der Waals surface area contributed by atoms with Gasteiger partial charge in [-0.15, -0.1) is 0 Å². The Morgan fingerprint density at radius 1 is 0.778 bits per heavy atom. The zero-order valence-electron chi connectivity index (χ0n) is 10.3. The molecule has 0 N–H and O–H groups in total. The topological polar surface area (TPSA) is 9.23 Å². The molecule has 0 aliphatic heterocycles. The molecule has 0 fully saturated rings. The maximum absolute atomic E-state index is 13.9. The molecule has 0 saturated carbocycles. The molecule has 0 saturated heterocycles. The van der Waals surface area contributed by atoms with E-state index in [9.17, 15) is 8.78 Å². The summed E-state index contributed by atoms with van der Waals surface area (Å²) in [5.41, 5.74) is 1.79. The molecule has 2 aromatic carbocycles. The molecule has 0 radical (unpaired) electrons. The lowest BCUT2D eigenvalue weighted by atomic mass is 10.1. The molecular weight excluding hydrogens is 234 g/mol. The molecular formula is C15H14F2O. The summed E-state index contributed by atoms with van der Waals surface area (Å²) in [4.78, 5) is 0. The molecule has 3 heteroatoms. The van der Waals surface area contributed by atoms with E-state index in [1.54, 1.807) is 24.3 Å². The average molecular weight is 248 g/mol. The molecule has 0 aliphatic rings. The standard InChI is InChI=1S/C15H14F2O/c1-11-3-7-13(8-4-11)15(16,17)18-14-9-5-12(2)6-10-14/h3-10H,1-2H3. The van der Waals surface area contributed by atoms with Crippen LogP contribution in [0.3, 0.4) is 0 Å². The number of hydrogen-bond donors (Lipinski definition) is 0. The van der Waals surface area contributed by atoms with Crippen molar-refractivity contribution >= 4 is 0 Å². The van der Waals surface area contributed by atoms with E-state index in [1.807, 2.05) is 13.8 Å². The van der Waals surface area contributed by atoms with Crippen molar-refractivity contribution in [1.82, 2.24) is 0 Å². The first-order chi connectivity index (χ1) is 8.47. The van der Waals surface area contributed by atoms with Crippen LogP contribution in [0.15, 0.2) is 48.5 Å². The predicted octanol–water partition coefficient (Wildman–Crippen LogP) is 4.43. The molecule has 2 rings (SSSR count). The molecule has 0 spiro atoms. The van der Waals surface area contributed by atoms with Gasteiger partial charge in [-0.3, -0.25) is 0 Å². The fraction of sp³-hybridized carbons (Fsp3) is 0.200. The Balaban J connectivity index is 2.20. The van der Waals surface area contributed by atoms with Gasteiger partial charge in [0.1, 0.15) is 5.75 Å². The second-order valence-corrected chi connectivity index (χ2v) is 4.30. The van der Waals surface area contributed by atoms with Gasteiger partial charge in [-0.05, 0) is 38.1 Å². The van der Waals surface area contributed by atoms with Crippen LogP contribution in [-0.2, 0) is 6.11 Å². The molecule has 0 heterocycles. The zero-order chi connectivity index (χ0) is 13.2. The fourth-order valence-electron chi connectivity index (χ4n) is 1.56. The van der Waals surface area contributed by atoms with Crippen molar-refractivity contribution in [2.75, 3.05) is 0 Å². The van der Waals surface area contributed by atoms with Crippen molar-refractivity contribution in [3.63, 3.8) is 0 Å². The first-order valence-corrected chi connectivity index (χ1v) is 5.68. The van der Waals surface area contributed by atoms with E-state index in [-0.39, 0.29) is 11.3 Å². The Morgan fingerprint density at radius 2 is 1.22 bits per heavy atom. The number of ether oxygens (including phenoxy) is 1. The van der Waals surface area contributed by atoms with Crippen LogP contribution in [0.5, 0.6) is 5.75 Å². The number of aryl methyl sites for hydroxylation is 2. The van der Waals surface area contributed by atoms with Crippen molar-refractivity contribution in [3.8, 4) is 5.75 Å². The van der Waals surface area contributed by atoms with Gasteiger partial charge in [0.25, 0.3) is 0 Å². The summed E-state index contributed by atoms with van der Waals surface area (Å²) < 4.78 is 32.5. The highest BCUT2D eigenvalue weighted by atomic mass is 19.3. The van der Waals surface area contributed by atoms with Gasteiger partial charge in [-0.25, -0.2) is 0 Å². The minimum atomic E-state index is -3.32. The van der Waals surface area contributed by atoms with Crippen LogP contribution in [0.2, 0.25) is 0 Å². The third kappa shape index (κ3) is 2.86. The van der Waals surface area contributed by atoms with Gasteiger partial charge in [0.05, 0.1) is 5.56 Å². The highest BCUT2D eigenvalue weighted by Gasteiger charge is 2.34. The predicted molar refractivity (Wildman–Crippen MR) is 66.9 cm³/mol. The molecule has 0 aliphatic carbocycles. The van der Waals surface area contributed by atoms with Gasteiger partial charge >= 0.3 is 6.11 Å². The highest BCUT2D eigenvalue weighted by Crippen LogP contribution is 2.31. The second-order valence-electron chi connectivity index (χ2n) is 4.30. The third-order valence-electron chi connectivity index (χ3n) is 2.65. The van der Waals surface area contributed by atoms with Crippen molar-refractivity contribution in [2.45, 2.75) is 20.0 Å². The lowest BCUT2D eigenvalue weighted by Crippen LogP contribution is -2.21. The Bertz CT molecular complexity index is 515. The lowest BCUT2D eigenvalue weighted by Gasteiger charge is -2.18. The highest BCUT2D eigenvalue weighted by molar-refractivity contribution is 5.29. The SMILES string of the molecule is Cc1ccc(OC(F)(F)c2ccc(C)cc2)cc1. The van der Waals surface area contributed by atoms with Gasteiger partial charge in [-0.2, -0.15) is 8.78 Å². The Hall–Kier alpha value is -1.90. The van der Waals surface area contributed by atoms with E-state index < -0.39 is 6.11 Å². The normalized spacial score (nSPS) is 11.3. The van der Waals surface area contributed by atoms with Gasteiger partial charge in [-0.1, -0.05) is 35.4 Å². The van der Waals surface area contributed by atoms with Gasteiger partial charge < -0.3 is 4.74 Å². The van der Waals surface area contributed by atoms with E-state index in [1.165, 1.54) is 24.3 Å². The minimum Gasteiger partial charge on any atom is -0.429 e. The van der Waals surface area contributed by atoms with Crippen LogP contribution >= 0.6 is 0 Å². The summed E-state index contributed by atoms with van der Waals surface area (Å²) >= 11 is 0. The summed E-state index contributed by atoms with van der Waals surface area (Å²) in [7, 11) is 0. The molecule has 0 unspecified atom stereocenters. The molecule has 1 nitrogen and oxygen atoms in total. The van der Waals surface area contributed by atoms with E-state index in [4.69, 9.17) is 4.74 Å². The molecule has 2 aromatic rings. The maximum atomic E-state index is 13.9. The molecule has 0 amide bonds. The van der Waals surface area contributed by atoms with Crippen LogP contribution in [0.25, 0.3) is 0 Å². The van der Waals surface area contributed by atoms with Gasteiger partial charge in [0.2, 0.25) is 0 Å². The third-order valence-corrected chi connectivity index (χ3v) is 2.65. The summed E-state index contributed by atoms with van der Waals surface area (Å²) in [5, 5.41) is 0. The van der Waals surface area contributed by atoms with E-state index in [0.717, 1.165) is 11.1 Å². The van der Waals surface area contributed by atoms with Gasteiger partial charge in [0.15, 0.2) is 0 Å². The molecule has 0 aromatic heterocycles. The number of halogens is 2. The smallest absolute Gasteiger partial charge is 0.426 e. The first kappa shape index (κ1) is 12.6. The lowest BCUT2D eigenvalue weighted by molar-refractivity contribution is -0.185. The van der Waals surface area contributed by atoms with Gasteiger partial charge in [0, 0.05) is 0 Å². The van der Waals surface area contributed by atoms with Crippen molar-refractivity contribution < 1.29 is 13.5 Å². The Labute approximate surface area is 105 Å². The average Bonchev–Trinajstić information content (AvgIpc) is 2.32. The first-order valence-electron chi connectivity index (χ1n) is 5.68. The molecule has 18 heavy (non-hydrogen) atoms. The maximum Gasteiger partial charge on any atom is 0.426 e. The summed E-state index contributed by atoms with van der Waals surface area (Å²) in [6.07, 6.45) is -3.32. The fourth-order valence-corrected chi connectivity index (χ4v) is 1.56. The minimum absolute atomic E-state index is 0.145. The van der Waals surface area contributed by atoms with Crippen LogP contribution in [-0.4, -0.2) is 0 Å². The Morgan fingerprint density at radius 3 is 1.72 bits per heavy atom. The van der Waals surface area contributed by atoms with Crippen LogP contribution in [0, 0.1) is 13.8 Å². The van der Waals surface area contributed by atoms with Crippen molar-refractivity contribution in [1.29, 1.82) is 0 Å². The number of alkyl halides is 2. The largest absolute Gasteiger partial charge is 0.429 e. The van der Waals surface area contributed by atoms with Crippen LogP contribution in [0.4, 0.5) is 8.78 Å². The van der Waals surface area contributed by atoms with Crippen molar-refractivity contribution in [2.24, 2.45) is 0 Å². The van der Waals surface area contributed by atoms with E-state index >= 15 is 0 Å². The van der Waals surface area contributed by atoms with Crippen LogP contribution in [0.1, 0.15) is 16.7 Å². The summed E-state index contributed by atoms with van der Waals surface area (Å²) in [6, 6.07) is 12.6.